The fraction of sp³-hybridized carbons (Fsp3) is 0.130. The van der Waals surface area contributed by atoms with Crippen LogP contribution >= 0.6 is 15.9 Å². The van der Waals surface area contributed by atoms with Crippen molar-refractivity contribution in [3.63, 3.8) is 0 Å². The predicted molar refractivity (Wildman–Crippen MR) is 116 cm³/mol. The lowest BCUT2D eigenvalue weighted by molar-refractivity contribution is -0.136. The van der Waals surface area contributed by atoms with Crippen LogP contribution in [0.25, 0.3) is 0 Å². The van der Waals surface area contributed by atoms with Crippen molar-refractivity contribution in [3.05, 3.63) is 87.9 Å². The minimum atomic E-state index is -0.527. The molecule has 0 spiro atoms. The van der Waals surface area contributed by atoms with Crippen LogP contribution in [0.15, 0.2) is 71.2 Å². The standard InChI is InChI=1S/C23H20BrNO4/c1-15-3-4-16(2)21(13-15)25-23(27)17-5-9-20(10-6-17)29-22(26)14-28-19-11-7-18(24)8-12-19/h3-13H,14H2,1-2H3,(H,25,27). The van der Waals surface area contributed by atoms with Crippen LogP contribution in [0, 0.1) is 13.8 Å². The molecule has 0 aliphatic carbocycles. The Bertz CT molecular complexity index is 1010. The van der Waals surface area contributed by atoms with Gasteiger partial charge in [-0.1, -0.05) is 28.1 Å². The Morgan fingerprint density at radius 2 is 1.55 bits per heavy atom. The lowest BCUT2D eigenvalue weighted by Crippen LogP contribution is -2.18. The molecule has 29 heavy (non-hydrogen) atoms. The van der Waals surface area contributed by atoms with Crippen LogP contribution in [-0.2, 0) is 4.79 Å². The maximum atomic E-state index is 12.5. The largest absolute Gasteiger partial charge is 0.482 e. The third-order valence-electron chi connectivity index (χ3n) is 4.16. The first-order valence-corrected chi connectivity index (χ1v) is 9.78. The molecule has 6 heteroatoms. The van der Waals surface area contributed by atoms with E-state index in [1.807, 2.05) is 44.2 Å². The zero-order valence-corrected chi connectivity index (χ0v) is 17.7. The number of ether oxygens (including phenoxy) is 2. The number of carbonyl (C=O) groups is 2. The molecule has 3 aromatic carbocycles. The van der Waals surface area contributed by atoms with Gasteiger partial charge in [-0.25, -0.2) is 4.79 Å². The summed E-state index contributed by atoms with van der Waals surface area (Å²) in [5.41, 5.74) is 3.30. The van der Waals surface area contributed by atoms with E-state index in [1.54, 1.807) is 36.4 Å². The Hall–Kier alpha value is -3.12. The summed E-state index contributed by atoms with van der Waals surface area (Å²) in [5.74, 6) is 0.164. The van der Waals surface area contributed by atoms with Gasteiger partial charge in [-0.05, 0) is 79.6 Å². The number of esters is 1. The SMILES string of the molecule is Cc1ccc(C)c(NC(=O)c2ccc(OC(=O)COc3ccc(Br)cc3)cc2)c1. The summed E-state index contributed by atoms with van der Waals surface area (Å²) >= 11 is 3.33. The second-order valence-corrected chi connectivity index (χ2v) is 7.43. The Labute approximate surface area is 177 Å². The quantitative estimate of drug-likeness (QED) is 0.406. The molecular formula is C23H20BrNO4. The van der Waals surface area contributed by atoms with Gasteiger partial charge in [0.15, 0.2) is 6.61 Å². The topological polar surface area (TPSA) is 64.6 Å². The molecule has 1 amide bonds. The summed E-state index contributed by atoms with van der Waals surface area (Å²) in [4.78, 5) is 24.4. The van der Waals surface area contributed by atoms with E-state index < -0.39 is 5.97 Å². The number of aryl methyl sites for hydroxylation is 2. The zero-order chi connectivity index (χ0) is 20.8. The molecule has 3 rings (SSSR count). The Balaban J connectivity index is 1.55. The van der Waals surface area contributed by atoms with Gasteiger partial charge in [0.2, 0.25) is 0 Å². The average Bonchev–Trinajstić information content (AvgIpc) is 2.71. The summed E-state index contributed by atoms with van der Waals surface area (Å²) in [6.07, 6.45) is 0. The third-order valence-corrected chi connectivity index (χ3v) is 4.69. The third kappa shape index (κ3) is 5.93. The van der Waals surface area contributed by atoms with E-state index in [0.717, 1.165) is 21.3 Å². The Kier molecular flexibility index (Phi) is 6.67. The van der Waals surface area contributed by atoms with Gasteiger partial charge in [0.25, 0.3) is 5.91 Å². The van der Waals surface area contributed by atoms with Gasteiger partial charge in [-0.3, -0.25) is 4.79 Å². The lowest BCUT2D eigenvalue weighted by atomic mass is 10.1. The van der Waals surface area contributed by atoms with Gasteiger partial charge in [-0.2, -0.15) is 0 Å². The van der Waals surface area contributed by atoms with Gasteiger partial charge >= 0.3 is 5.97 Å². The molecule has 0 saturated heterocycles. The maximum absolute atomic E-state index is 12.5. The van der Waals surface area contributed by atoms with Gasteiger partial charge < -0.3 is 14.8 Å². The van der Waals surface area contributed by atoms with Gasteiger partial charge in [0.05, 0.1) is 0 Å². The molecular weight excluding hydrogens is 434 g/mol. The smallest absolute Gasteiger partial charge is 0.349 e. The molecule has 0 aliphatic heterocycles. The number of rotatable bonds is 6. The maximum Gasteiger partial charge on any atom is 0.349 e. The van der Waals surface area contributed by atoms with Crippen molar-refractivity contribution in [2.75, 3.05) is 11.9 Å². The highest BCUT2D eigenvalue weighted by atomic mass is 79.9. The van der Waals surface area contributed by atoms with E-state index in [-0.39, 0.29) is 12.5 Å². The van der Waals surface area contributed by atoms with E-state index in [2.05, 4.69) is 21.2 Å². The number of hydrogen-bond acceptors (Lipinski definition) is 4. The van der Waals surface area contributed by atoms with Crippen molar-refractivity contribution in [1.82, 2.24) is 0 Å². The molecule has 148 valence electrons. The van der Waals surface area contributed by atoms with Crippen LogP contribution in [0.1, 0.15) is 21.5 Å². The fourth-order valence-corrected chi connectivity index (χ4v) is 2.84. The highest BCUT2D eigenvalue weighted by molar-refractivity contribution is 9.10. The van der Waals surface area contributed by atoms with Crippen LogP contribution < -0.4 is 14.8 Å². The highest BCUT2D eigenvalue weighted by Gasteiger charge is 2.10. The number of nitrogens with one attached hydrogen (secondary N) is 1. The summed E-state index contributed by atoms with van der Waals surface area (Å²) in [6, 6.07) is 19.4. The summed E-state index contributed by atoms with van der Waals surface area (Å²) < 4.78 is 11.6. The number of anilines is 1. The van der Waals surface area contributed by atoms with Crippen molar-refractivity contribution in [2.45, 2.75) is 13.8 Å². The molecule has 0 aromatic heterocycles. The number of amides is 1. The van der Waals surface area contributed by atoms with Crippen molar-refractivity contribution in [2.24, 2.45) is 0 Å². The van der Waals surface area contributed by atoms with Gasteiger partial charge in [0.1, 0.15) is 11.5 Å². The molecule has 5 nitrogen and oxygen atoms in total. The molecule has 0 saturated carbocycles. The van der Waals surface area contributed by atoms with Gasteiger partial charge in [0, 0.05) is 15.7 Å². The second kappa shape index (κ2) is 9.39. The first kappa shape index (κ1) is 20.6. The number of carbonyl (C=O) groups excluding carboxylic acids is 2. The molecule has 0 radical (unpaired) electrons. The van der Waals surface area contributed by atoms with Gasteiger partial charge in [-0.15, -0.1) is 0 Å². The van der Waals surface area contributed by atoms with E-state index in [0.29, 0.717) is 17.1 Å². The van der Waals surface area contributed by atoms with E-state index in [1.165, 1.54) is 0 Å². The predicted octanol–water partition coefficient (Wildman–Crippen LogP) is 5.30. The van der Waals surface area contributed by atoms with Crippen molar-refractivity contribution < 1.29 is 19.1 Å². The average molecular weight is 454 g/mol. The first-order valence-electron chi connectivity index (χ1n) is 8.98. The first-order chi connectivity index (χ1) is 13.9. The Morgan fingerprint density at radius 1 is 0.897 bits per heavy atom. The number of benzene rings is 3. The normalized spacial score (nSPS) is 10.3. The van der Waals surface area contributed by atoms with Crippen LogP contribution in [-0.4, -0.2) is 18.5 Å². The Morgan fingerprint density at radius 3 is 2.24 bits per heavy atom. The van der Waals surface area contributed by atoms with Crippen molar-refractivity contribution >= 4 is 33.5 Å². The molecule has 3 aromatic rings. The van der Waals surface area contributed by atoms with Crippen molar-refractivity contribution in [3.8, 4) is 11.5 Å². The minimum Gasteiger partial charge on any atom is -0.482 e. The molecule has 0 fully saturated rings. The zero-order valence-electron chi connectivity index (χ0n) is 16.1. The number of hydrogen-bond donors (Lipinski definition) is 1. The van der Waals surface area contributed by atoms with Crippen molar-refractivity contribution in [1.29, 1.82) is 0 Å². The van der Waals surface area contributed by atoms with E-state index in [9.17, 15) is 9.59 Å². The molecule has 1 N–H and O–H groups in total. The van der Waals surface area contributed by atoms with Crippen LogP contribution in [0.3, 0.4) is 0 Å². The molecule has 0 bridgehead atoms. The van der Waals surface area contributed by atoms with Crippen LogP contribution in [0.4, 0.5) is 5.69 Å². The molecule has 0 unspecified atom stereocenters. The molecule has 0 aliphatic rings. The molecule has 0 atom stereocenters. The summed E-state index contributed by atoms with van der Waals surface area (Å²) in [7, 11) is 0. The van der Waals surface area contributed by atoms with Crippen LogP contribution in [0.2, 0.25) is 0 Å². The number of halogens is 1. The second-order valence-electron chi connectivity index (χ2n) is 6.51. The van der Waals surface area contributed by atoms with E-state index in [4.69, 9.17) is 9.47 Å². The summed E-state index contributed by atoms with van der Waals surface area (Å²) in [5, 5.41) is 2.90. The minimum absolute atomic E-state index is 0.212. The monoisotopic (exact) mass is 453 g/mol. The van der Waals surface area contributed by atoms with E-state index >= 15 is 0 Å². The van der Waals surface area contributed by atoms with Crippen LogP contribution in [0.5, 0.6) is 11.5 Å². The lowest BCUT2D eigenvalue weighted by Gasteiger charge is -2.10. The highest BCUT2D eigenvalue weighted by Crippen LogP contribution is 2.19. The fourth-order valence-electron chi connectivity index (χ4n) is 2.57. The summed E-state index contributed by atoms with van der Waals surface area (Å²) in [6.45, 7) is 3.70. The molecule has 0 heterocycles.